The highest BCUT2D eigenvalue weighted by Crippen LogP contribution is 2.30. The van der Waals surface area contributed by atoms with Crippen molar-refractivity contribution in [2.24, 2.45) is 5.73 Å². The molecular weight excluding hydrogens is 358 g/mol. The van der Waals surface area contributed by atoms with Crippen LogP contribution in [0.15, 0.2) is 28.2 Å². The van der Waals surface area contributed by atoms with Gasteiger partial charge in [-0.05, 0) is 31.7 Å². The monoisotopic (exact) mass is 373 g/mol. The number of nitrogens with two attached hydrogens (primary N) is 1. The molecule has 2 N–H and O–H groups in total. The number of thiazole rings is 1. The molecule has 0 spiro atoms. The zero-order valence-corrected chi connectivity index (χ0v) is 14.6. The normalized spacial score (nSPS) is 12.9. The highest BCUT2D eigenvalue weighted by Gasteiger charge is 2.19. The number of halogens is 2. The lowest BCUT2D eigenvalue weighted by molar-refractivity contribution is 0.242. The number of aryl methyl sites for hydroxylation is 1. The molecule has 1 atom stereocenters. The largest absolute Gasteiger partial charge is 0.329 e. The molecule has 0 amide bonds. The Morgan fingerprint density at radius 3 is 2.80 bits per heavy atom. The molecule has 2 rings (SSSR count). The molecule has 1 aromatic heterocycles. The van der Waals surface area contributed by atoms with E-state index in [1.165, 1.54) is 4.88 Å². The molecule has 0 bridgehead atoms. The van der Waals surface area contributed by atoms with Crippen LogP contribution >= 0.6 is 38.9 Å². The summed E-state index contributed by atoms with van der Waals surface area (Å²) in [6.45, 7) is 3.43. The second-order valence-corrected chi connectivity index (χ2v) is 6.92. The summed E-state index contributed by atoms with van der Waals surface area (Å²) in [6.07, 6.45) is 0. The fourth-order valence-corrected chi connectivity index (χ4v) is 3.92. The minimum atomic E-state index is 0.142. The molecule has 1 unspecified atom stereocenters. The molecule has 20 heavy (non-hydrogen) atoms. The van der Waals surface area contributed by atoms with E-state index in [9.17, 15) is 0 Å². The van der Waals surface area contributed by atoms with Crippen LogP contribution in [0.5, 0.6) is 0 Å². The van der Waals surface area contributed by atoms with Crippen LogP contribution < -0.4 is 5.73 Å². The van der Waals surface area contributed by atoms with Gasteiger partial charge in [0.2, 0.25) is 0 Å². The molecule has 0 fully saturated rings. The van der Waals surface area contributed by atoms with Crippen molar-refractivity contribution in [1.82, 2.24) is 9.88 Å². The third-order valence-electron chi connectivity index (χ3n) is 3.31. The lowest BCUT2D eigenvalue weighted by Gasteiger charge is -2.28. The van der Waals surface area contributed by atoms with Gasteiger partial charge in [0.1, 0.15) is 0 Å². The van der Waals surface area contributed by atoms with Crippen LogP contribution in [0.2, 0.25) is 5.02 Å². The van der Waals surface area contributed by atoms with Crippen LogP contribution in [-0.4, -0.2) is 23.5 Å². The van der Waals surface area contributed by atoms with E-state index in [1.807, 2.05) is 30.6 Å². The number of hydrogen-bond donors (Lipinski definition) is 1. The smallest absolute Gasteiger partial charge is 0.0798 e. The predicted octanol–water partition coefficient (Wildman–Crippen LogP) is 4.00. The second kappa shape index (κ2) is 7.00. The number of nitrogens with zero attached hydrogens (tertiary/aromatic N) is 2. The maximum absolute atomic E-state index is 6.00. The molecule has 2 aromatic rings. The third-order valence-corrected chi connectivity index (χ3v) is 5.16. The summed E-state index contributed by atoms with van der Waals surface area (Å²) in [4.78, 5) is 7.81. The van der Waals surface area contributed by atoms with Crippen molar-refractivity contribution in [3.05, 3.63) is 49.3 Å². The van der Waals surface area contributed by atoms with Gasteiger partial charge in [-0.3, -0.25) is 4.90 Å². The fraction of sp³-hybridized carbons (Fsp3) is 0.357. The Balaban J connectivity index is 2.21. The van der Waals surface area contributed by atoms with Gasteiger partial charge in [-0.15, -0.1) is 11.3 Å². The minimum Gasteiger partial charge on any atom is -0.329 e. The summed E-state index contributed by atoms with van der Waals surface area (Å²) < 4.78 is 0.994. The van der Waals surface area contributed by atoms with E-state index < -0.39 is 0 Å². The van der Waals surface area contributed by atoms with Gasteiger partial charge in [0.25, 0.3) is 0 Å². The van der Waals surface area contributed by atoms with Crippen LogP contribution in [0.1, 0.15) is 22.2 Å². The molecule has 3 nitrogen and oxygen atoms in total. The van der Waals surface area contributed by atoms with Gasteiger partial charge < -0.3 is 5.73 Å². The first kappa shape index (κ1) is 15.9. The summed E-state index contributed by atoms with van der Waals surface area (Å²) in [6, 6.07) is 5.98. The van der Waals surface area contributed by atoms with Crippen LogP contribution in [0, 0.1) is 6.92 Å². The van der Waals surface area contributed by atoms with E-state index in [0.717, 1.165) is 27.3 Å². The van der Waals surface area contributed by atoms with Crippen molar-refractivity contribution < 1.29 is 0 Å². The number of hydrogen-bond acceptors (Lipinski definition) is 4. The Morgan fingerprint density at radius 2 is 2.25 bits per heavy atom. The number of aromatic nitrogens is 1. The van der Waals surface area contributed by atoms with Gasteiger partial charge in [-0.25, -0.2) is 4.98 Å². The Bertz CT molecular complexity index is 588. The van der Waals surface area contributed by atoms with Crippen LogP contribution in [-0.2, 0) is 6.54 Å². The van der Waals surface area contributed by atoms with Crippen LogP contribution in [0.4, 0.5) is 0 Å². The van der Waals surface area contributed by atoms with Crippen molar-refractivity contribution in [2.75, 3.05) is 13.6 Å². The maximum Gasteiger partial charge on any atom is 0.0798 e. The minimum absolute atomic E-state index is 0.142. The van der Waals surface area contributed by atoms with E-state index >= 15 is 0 Å². The molecule has 0 aliphatic heterocycles. The second-order valence-electron chi connectivity index (χ2n) is 4.69. The molecular formula is C14H17BrClN3S. The zero-order chi connectivity index (χ0) is 14.7. The van der Waals surface area contributed by atoms with E-state index in [0.29, 0.717) is 6.54 Å². The highest BCUT2D eigenvalue weighted by atomic mass is 79.9. The van der Waals surface area contributed by atoms with E-state index in [-0.39, 0.29) is 6.04 Å². The molecule has 0 aliphatic carbocycles. The Kier molecular flexibility index (Phi) is 5.57. The van der Waals surface area contributed by atoms with E-state index in [2.05, 4.69) is 32.9 Å². The number of rotatable bonds is 5. The first-order valence-electron chi connectivity index (χ1n) is 6.27. The highest BCUT2D eigenvalue weighted by molar-refractivity contribution is 9.10. The Morgan fingerprint density at radius 1 is 1.50 bits per heavy atom. The van der Waals surface area contributed by atoms with Gasteiger partial charge in [-0.1, -0.05) is 33.6 Å². The van der Waals surface area contributed by atoms with Crippen molar-refractivity contribution >= 4 is 38.9 Å². The molecule has 0 saturated heterocycles. The summed E-state index contributed by atoms with van der Waals surface area (Å²) >= 11 is 11.3. The summed E-state index contributed by atoms with van der Waals surface area (Å²) in [5.41, 5.74) is 10.1. The molecule has 1 heterocycles. The van der Waals surface area contributed by atoms with E-state index in [1.54, 1.807) is 11.3 Å². The standard InChI is InChI=1S/C14H17BrClN3S/c1-9-14(20-8-18-9)7-19(2)13(6-17)11-4-3-10(16)5-12(11)15/h3-5,8,13H,6-7,17H2,1-2H3. The quantitative estimate of drug-likeness (QED) is 0.860. The lowest BCUT2D eigenvalue weighted by atomic mass is 10.1. The number of benzene rings is 1. The van der Waals surface area contributed by atoms with Crippen LogP contribution in [0.3, 0.4) is 0 Å². The lowest BCUT2D eigenvalue weighted by Crippen LogP contribution is -2.30. The number of likely N-dealkylation sites (N-methyl/N-ethyl adjacent to an activating group) is 1. The fourth-order valence-electron chi connectivity index (χ4n) is 2.13. The Hall–Kier alpha value is -0.460. The van der Waals surface area contributed by atoms with Gasteiger partial charge in [0.15, 0.2) is 0 Å². The van der Waals surface area contributed by atoms with Gasteiger partial charge in [0, 0.05) is 33.5 Å². The van der Waals surface area contributed by atoms with Crippen LogP contribution in [0.25, 0.3) is 0 Å². The average molecular weight is 375 g/mol. The molecule has 6 heteroatoms. The van der Waals surface area contributed by atoms with Crippen molar-refractivity contribution in [2.45, 2.75) is 19.5 Å². The first-order valence-corrected chi connectivity index (χ1v) is 8.32. The first-order chi connectivity index (χ1) is 9.52. The van der Waals surface area contributed by atoms with Crippen molar-refractivity contribution in [3.8, 4) is 0 Å². The predicted molar refractivity (Wildman–Crippen MR) is 89.3 cm³/mol. The molecule has 0 radical (unpaired) electrons. The van der Waals surface area contributed by atoms with Crippen molar-refractivity contribution in [1.29, 1.82) is 0 Å². The zero-order valence-electron chi connectivity index (χ0n) is 11.4. The molecule has 0 aliphatic rings. The average Bonchev–Trinajstić information content (AvgIpc) is 2.78. The van der Waals surface area contributed by atoms with E-state index in [4.69, 9.17) is 17.3 Å². The molecule has 0 saturated carbocycles. The van der Waals surface area contributed by atoms with Gasteiger partial charge in [-0.2, -0.15) is 0 Å². The van der Waals surface area contributed by atoms with Gasteiger partial charge in [0.05, 0.1) is 11.2 Å². The van der Waals surface area contributed by atoms with Gasteiger partial charge >= 0.3 is 0 Å². The topological polar surface area (TPSA) is 42.2 Å². The third kappa shape index (κ3) is 3.59. The SMILES string of the molecule is Cc1ncsc1CN(C)C(CN)c1ccc(Cl)cc1Br. The summed E-state index contributed by atoms with van der Waals surface area (Å²) in [5, 5.41) is 0.720. The summed E-state index contributed by atoms with van der Waals surface area (Å²) in [5.74, 6) is 0. The summed E-state index contributed by atoms with van der Waals surface area (Å²) in [7, 11) is 2.08. The molecule has 108 valence electrons. The Labute approximate surface area is 136 Å². The molecule has 1 aromatic carbocycles. The maximum atomic E-state index is 6.00. The van der Waals surface area contributed by atoms with Crippen molar-refractivity contribution in [3.63, 3.8) is 0 Å².